The summed E-state index contributed by atoms with van der Waals surface area (Å²) >= 11 is 0. The Hall–Kier alpha value is -1.39. The van der Waals surface area contributed by atoms with Crippen LogP contribution in [0.3, 0.4) is 0 Å². The lowest BCUT2D eigenvalue weighted by Crippen LogP contribution is -2.43. The molecule has 4 heteroatoms. The maximum atomic E-state index is 12.7. The van der Waals surface area contributed by atoms with Gasteiger partial charge in [-0.15, -0.1) is 0 Å². The molecular formula is C17H29N3O. The van der Waals surface area contributed by atoms with Gasteiger partial charge < -0.3 is 15.5 Å². The van der Waals surface area contributed by atoms with Gasteiger partial charge in [-0.2, -0.15) is 0 Å². The van der Waals surface area contributed by atoms with E-state index >= 15 is 0 Å². The normalized spacial score (nSPS) is 12.4. The fourth-order valence-corrected chi connectivity index (χ4v) is 2.35. The van der Waals surface area contributed by atoms with Crippen LogP contribution in [0.1, 0.15) is 18.9 Å². The highest BCUT2D eigenvalue weighted by atomic mass is 16.2. The minimum atomic E-state index is -0.124. The quantitative estimate of drug-likeness (QED) is 0.752. The predicted octanol–water partition coefficient (Wildman–Crippen LogP) is 1.60. The third-order valence-electron chi connectivity index (χ3n) is 3.58. The number of benzene rings is 1. The summed E-state index contributed by atoms with van der Waals surface area (Å²) in [5.41, 5.74) is 7.03. The monoisotopic (exact) mass is 291 g/mol. The number of nitrogens with zero attached hydrogens (tertiary/aromatic N) is 2. The van der Waals surface area contributed by atoms with Crippen molar-refractivity contribution in [2.45, 2.75) is 19.8 Å². The van der Waals surface area contributed by atoms with E-state index in [1.807, 2.05) is 37.2 Å². The molecule has 1 unspecified atom stereocenters. The standard InChI is InChI=1S/C17H29N3O/c1-4-10-20(12-11-19(2)3)17(21)16(14-18)13-15-8-6-5-7-9-15/h5-9,16H,4,10-14,18H2,1-3H3. The zero-order valence-corrected chi connectivity index (χ0v) is 13.6. The molecule has 1 aromatic rings. The number of carbonyl (C=O) groups is 1. The average Bonchev–Trinajstić information content (AvgIpc) is 2.49. The first-order chi connectivity index (χ1) is 10.1. The average molecular weight is 291 g/mol. The van der Waals surface area contributed by atoms with Crippen molar-refractivity contribution in [3.05, 3.63) is 35.9 Å². The van der Waals surface area contributed by atoms with E-state index in [1.165, 1.54) is 5.56 Å². The number of nitrogens with two attached hydrogens (primary N) is 1. The molecule has 1 atom stereocenters. The summed E-state index contributed by atoms with van der Waals surface area (Å²) in [7, 11) is 4.05. The summed E-state index contributed by atoms with van der Waals surface area (Å²) in [6, 6.07) is 10.1. The van der Waals surface area contributed by atoms with Gasteiger partial charge in [0.15, 0.2) is 0 Å². The molecule has 0 saturated heterocycles. The van der Waals surface area contributed by atoms with E-state index in [0.29, 0.717) is 6.54 Å². The van der Waals surface area contributed by atoms with Gasteiger partial charge in [0.25, 0.3) is 0 Å². The number of amides is 1. The summed E-state index contributed by atoms with van der Waals surface area (Å²) in [6.45, 7) is 4.96. The molecular weight excluding hydrogens is 262 g/mol. The van der Waals surface area contributed by atoms with Gasteiger partial charge in [-0.05, 0) is 32.5 Å². The van der Waals surface area contributed by atoms with Crippen LogP contribution in [0.15, 0.2) is 30.3 Å². The Bertz CT molecular complexity index is 406. The number of carbonyl (C=O) groups excluding carboxylic acids is 1. The number of hydrogen-bond acceptors (Lipinski definition) is 3. The molecule has 21 heavy (non-hydrogen) atoms. The fraction of sp³-hybridized carbons (Fsp3) is 0.588. The highest BCUT2D eigenvalue weighted by Gasteiger charge is 2.22. The largest absolute Gasteiger partial charge is 0.341 e. The van der Waals surface area contributed by atoms with Gasteiger partial charge in [0.1, 0.15) is 0 Å². The van der Waals surface area contributed by atoms with Crippen molar-refractivity contribution >= 4 is 5.91 Å². The van der Waals surface area contributed by atoms with E-state index in [4.69, 9.17) is 5.73 Å². The van der Waals surface area contributed by atoms with E-state index in [0.717, 1.165) is 32.5 Å². The van der Waals surface area contributed by atoms with Crippen molar-refractivity contribution in [2.75, 3.05) is 40.3 Å². The lowest BCUT2D eigenvalue weighted by Gasteiger charge is -2.28. The molecule has 0 aliphatic heterocycles. The van der Waals surface area contributed by atoms with Gasteiger partial charge in [0.05, 0.1) is 5.92 Å². The van der Waals surface area contributed by atoms with Crippen molar-refractivity contribution in [2.24, 2.45) is 11.7 Å². The van der Waals surface area contributed by atoms with Crippen LogP contribution in [-0.4, -0.2) is 56.0 Å². The minimum absolute atomic E-state index is 0.124. The Labute approximate surface area is 128 Å². The number of rotatable bonds is 9. The first-order valence-electron chi connectivity index (χ1n) is 7.76. The van der Waals surface area contributed by atoms with E-state index in [9.17, 15) is 4.79 Å². The second-order valence-corrected chi connectivity index (χ2v) is 5.75. The first-order valence-corrected chi connectivity index (χ1v) is 7.76. The zero-order chi connectivity index (χ0) is 15.7. The smallest absolute Gasteiger partial charge is 0.227 e. The molecule has 4 nitrogen and oxygen atoms in total. The lowest BCUT2D eigenvalue weighted by molar-refractivity contribution is -0.135. The van der Waals surface area contributed by atoms with E-state index in [-0.39, 0.29) is 11.8 Å². The van der Waals surface area contributed by atoms with Crippen LogP contribution in [0.5, 0.6) is 0 Å². The lowest BCUT2D eigenvalue weighted by atomic mass is 9.98. The van der Waals surface area contributed by atoms with Crippen molar-refractivity contribution in [1.82, 2.24) is 9.80 Å². The van der Waals surface area contributed by atoms with Gasteiger partial charge in [0.2, 0.25) is 5.91 Å². The van der Waals surface area contributed by atoms with Crippen molar-refractivity contribution in [3.63, 3.8) is 0 Å². The molecule has 0 fully saturated rings. The second-order valence-electron chi connectivity index (χ2n) is 5.75. The fourth-order valence-electron chi connectivity index (χ4n) is 2.35. The summed E-state index contributed by atoms with van der Waals surface area (Å²) in [5.74, 6) is 0.0613. The number of hydrogen-bond donors (Lipinski definition) is 1. The van der Waals surface area contributed by atoms with Crippen molar-refractivity contribution in [3.8, 4) is 0 Å². The van der Waals surface area contributed by atoms with Gasteiger partial charge in [-0.1, -0.05) is 37.3 Å². The molecule has 0 radical (unpaired) electrons. The van der Waals surface area contributed by atoms with E-state index in [1.54, 1.807) is 0 Å². The van der Waals surface area contributed by atoms with Crippen LogP contribution in [-0.2, 0) is 11.2 Å². The summed E-state index contributed by atoms with van der Waals surface area (Å²) in [6.07, 6.45) is 1.69. The molecule has 0 bridgehead atoms. The summed E-state index contributed by atoms with van der Waals surface area (Å²) in [4.78, 5) is 16.8. The van der Waals surface area contributed by atoms with Crippen molar-refractivity contribution in [1.29, 1.82) is 0 Å². The molecule has 0 spiro atoms. The van der Waals surface area contributed by atoms with Gasteiger partial charge in [0, 0.05) is 26.2 Å². The molecule has 0 aliphatic carbocycles. The Morgan fingerprint density at radius 3 is 2.33 bits per heavy atom. The van der Waals surface area contributed by atoms with Crippen molar-refractivity contribution < 1.29 is 4.79 Å². The highest BCUT2D eigenvalue weighted by Crippen LogP contribution is 2.11. The Morgan fingerprint density at radius 2 is 1.81 bits per heavy atom. The number of likely N-dealkylation sites (N-methyl/N-ethyl adjacent to an activating group) is 1. The van der Waals surface area contributed by atoms with Gasteiger partial charge in [-0.3, -0.25) is 4.79 Å². The van der Waals surface area contributed by atoms with Crippen LogP contribution >= 0.6 is 0 Å². The molecule has 0 aliphatic rings. The first kappa shape index (κ1) is 17.7. The molecule has 0 heterocycles. The van der Waals surface area contributed by atoms with Gasteiger partial charge >= 0.3 is 0 Å². The zero-order valence-electron chi connectivity index (χ0n) is 13.6. The third-order valence-corrected chi connectivity index (χ3v) is 3.58. The predicted molar refractivity (Wildman–Crippen MR) is 88.1 cm³/mol. The van der Waals surface area contributed by atoms with Crippen LogP contribution in [0, 0.1) is 5.92 Å². The SMILES string of the molecule is CCCN(CCN(C)C)C(=O)C(CN)Cc1ccccc1. The van der Waals surface area contributed by atoms with Crippen LogP contribution < -0.4 is 5.73 Å². The van der Waals surface area contributed by atoms with E-state index in [2.05, 4.69) is 24.0 Å². The summed E-state index contributed by atoms with van der Waals surface area (Å²) < 4.78 is 0. The molecule has 1 rings (SSSR count). The summed E-state index contributed by atoms with van der Waals surface area (Å²) in [5, 5.41) is 0. The Morgan fingerprint density at radius 1 is 1.14 bits per heavy atom. The van der Waals surface area contributed by atoms with E-state index < -0.39 is 0 Å². The van der Waals surface area contributed by atoms with Crippen LogP contribution in [0.2, 0.25) is 0 Å². The molecule has 1 aromatic carbocycles. The minimum Gasteiger partial charge on any atom is -0.341 e. The maximum Gasteiger partial charge on any atom is 0.227 e. The molecule has 0 saturated carbocycles. The molecule has 118 valence electrons. The maximum absolute atomic E-state index is 12.7. The highest BCUT2D eigenvalue weighted by molar-refractivity contribution is 5.79. The van der Waals surface area contributed by atoms with Crippen LogP contribution in [0.25, 0.3) is 0 Å². The van der Waals surface area contributed by atoms with Crippen LogP contribution in [0.4, 0.5) is 0 Å². The Balaban J connectivity index is 2.69. The third kappa shape index (κ3) is 6.27. The molecule has 2 N–H and O–H groups in total. The Kier molecular flexibility index (Phi) is 8.01. The molecule has 0 aromatic heterocycles. The van der Waals surface area contributed by atoms with Gasteiger partial charge in [-0.25, -0.2) is 0 Å². The topological polar surface area (TPSA) is 49.6 Å². The molecule has 1 amide bonds. The second kappa shape index (κ2) is 9.53.